The van der Waals surface area contributed by atoms with Gasteiger partial charge in [0.05, 0.1) is 35.8 Å². The Bertz CT molecular complexity index is 937. The highest BCUT2D eigenvalue weighted by molar-refractivity contribution is 6.12. The standard InChI is InChI=1S/C19H20N4O6/c1-19(2,3)29-18(28)23-13-5-4-11(17(26)27)8-14(13)22-16(25)9-15(24)12-6-7-20-21-10-12/h4-8,10H,9H2,1-3H3,(H,22,25)(H,23,28)(H,26,27). The average Bonchev–Trinajstić information content (AvgIpc) is 2.62. The monoisotopic (exact) mass is 400 g/mol. The summed E-state index contributed by atoms with van der Waals surface area (Å²) in [6.45, 7) is 5.05. The molecule has 2 rings (SSSR count). The number of carbonyl (C=O) groups excluding carboxylic acids is 3. The van der Waals surface area contributed by atoms with Crippen molar-refractivity contribution in [1.29, 1.82) is 0 Å². The van der Waals surface area contributed by atoms with Crippen LogP contribution in [0.25, 0.3) is 0 Å². The minimum atomic E-state index is -1.22. The summed E-state index contributed by atoms with van der Waals surface area (Å²) >= 11 is 0. The minimum absolute atomic E-state index is 0.0152. The van der Waals surface area contributed by atoms with Crippen molar-refractivity contribution in [3.63, 3.8) is 0 Å². The van der Waals surface area contributed by atoms with E-state index in [1.165, 1.54) is 36.7 Å². The lowest BCUT2D eigenvalue weighted by atomic mass is 10.1. The van der Waals surface area contributed by atoms with E-state index in [9.17, 15) is 24.3 Å². The van der Waals surface area contributed by atoms with E-state index in [0.717, 1.165) is 0 Å². The SMILES string of the molecule is CC(C)(C)OC(=O)Nc1ccc(C(=O)O)cc1NC(=O)CC(=O)c1ccnnc1. The van der Waals surface area contributed by atoms with Crippen LogP contribution in [0.15, 0.2) is 36.7 Å². The summed E-state index contributed by atoms with van der Waals surface area (Å²) in [7, 11) is 0. The van der Waals surface area contributed by atoms with E-state index in [4.69, 9.17) is 4.74 Å². The molecule has 0 aliphatic rings. The number of carboxylic acid groups (broad SMARTS) is 1. The van der Waals surface area contributed by atoms with Crippen molar-refractivity contribution in [2.75, 3.05) is 10.6 Å². The molecular weight excluding hydrogens is 380 g/mol. The fraction of sp³-hybridized carbons (Fsp3) is 0.263. The van der Waals surface area contributed by atoms with Gasteiger partial charge >= 0.3 is 12.1 Å². The molecule has 0 saturated heterocycles. The summed E-state index contributed by atoms with van der Waals surface area (Å²) < 4.78 is 5.16. The quantitative estimate of drug-likeness (QED) is 0.495. The van der Waals surface area contributed by atoms with Gasteiger partial charge in [0, 0.05) is 5.56 Å². The van der Waals surface area contributed by atoms with Crippen LogP contribution in [0.3, 0.4) is 0 Å². The summed E-state index contributed by atoms with van der Waals surface area (Å²) in [6.07, 6.45) is 1.27. The van der Waals surface area contributed by atoms with E-state index < -0.39 is 35.8 Å². The van der Waals surface area contributed by atoms with Crippen LogP contribution in [0.4, 0.5) is 16.2 Å². The lowest BCUT2D eigenvalue weighted by Gasteiger charge is -2.20. The number of Topliss-reactive ketones (excluding diaryl/α,β-unsaturated/α-hetero) is 1. The normalized spacial score (nSPS) is 10.7. The topological polar surface area (TPSA) is 148 Å². The van der Waals surface area contributed by atoms with Gasteiger partial charge in [0.15, 0.2) is 5.78 Å². The number of ether oxygens (including phenoxy) is 1. The molecule has 0 spiro atoms. The molecule has 2 amide bonds. The minimum Gasteiger partial charge on any atom is -0.478 e. The highest BCUT2D eigenvalue weighted by Crippen LogP contribution is 2.25. The number of carbonyl (C=O) groups is 4. The second-order valence-corrected chi connectivity index (χ2v) is 6.97. The molecule has 3 N–H and O–H groups in total. The first-order valence-corrected chi connectivity index (χ1v) is 8.52. The lowest BCUT2D eigenvalue weighted by Crippen LogP contribution is -2.27. The third-order valence-electron chi connectivity index (χ3n) is 3.40. The Morgan fingerprint density at radius 2 is 1.72 bits per heavy atom. The molecule has 1 aromatic heterocycles. The molecule has 0 saturated carbocycles. The highest BCUT2D eigenvalue weighted by atomic mass is 16.6. The molecule has 0 aliphatic heterocycles. The number of aromatic nitrogens is 2. The zero-order valence-electron chi connectivity index (χ0n) is 16.1. The van der Waals surface area contributed by atoms with E-state index >= 15 is 0 Å². The maximum Gasteiger partial charge on any atom is 0.412 e. The van der Waals surface area contributed by atoms with Crippen LogP contribution >= 0.6 is 0 Å². The van der Waals surface area contributed by atoms with Gasteiger partial charge in [-0.1, -0.05) is 0 Å². The Balaban J connectivity index is 2.18. The summed E-state index contributed by atoms with van der Waals surface area (Å²) in [5.74, 6) is -2.40. The number of aromatic carboxylic acids is 1. The molecule has 2 aromatic rings. The van der Waals surface area contributed by atoms with Crippen LogP contribution in [-0.4, -0.2) is 44.7 Å². The van der Waals surface area contributed by atoms with E-state index in [0.29, 0.717) is 0 Å². The largest absolute Gasteiger partial charge is 0.478 e. The van der Waals surface area contributed by atoms with Crippen LogP contribution in [0, 0.1) is 0 Å². The number of benzene rings is 1. The Morgan fingerprint density at radius 1 is 1.00 bits per heavy atom. The number of anilines is 2. The van der Waals surface area contributed by atoms with Crippen molar-refractivity contribution < 1.29 is 29.0 Å². The van der Waals surface area contributed by atoms with Crippen LogP contribution in [-0.2, 0) is 9.53 Å². The summed E-state index contributed by atoms with van der Waals surface area (Å²) in [5.41, 5.74) is -0.516. The molecule has 0 bridgehead atoms. The maximum atomic E-state index is 12.3. The van der Waals surface area contributed by atoms with Crippen molar-refractivity contribution in [1.82, 2.24) is 10.2 Å². The smallest absolute Gasteiger partial charge is 0.412 e. The van der Waals surface area contributed by atoms with Gasteiger partial charge in [0.2, 0.25) is 5.91 Å². The first-order chi connectivity index (χ1) is 13.5. The van der Waals surface area contributed by atoms with Gasteiger partial charge in [0.1, 0.15) is 5.60 Å². The summed E-state index contributed by atoms with van der Waals surface area (Å²) in [5, 5.41) is 21.2. The first-order valence-electron chi connectivity index (χ1n) is 8.52. The molecular formula is C19H20N4O6. The van der Waals surface area contributed by atoms with E-state index in [-0.39, 0.29) is 22.5 Å². The van der Waals surface area contributed by atoms with Crippen molar-refractivity contribution in [2.24, 2.45) is 0 Å². The van der Waals surface area contributed by atoms with E-state index in [1.54, 1.807) is 20.8 Å². The maximum absolute atomic E-state index is 12.3. The zero-order chi connectivity index (χ0) is 21.6. The second-order valence-electron chi connectivity index (χ2n) is 6.97. The van der Waals surface area contributed by atoms with Crippen LogP contribution in [0.2, 0.25) is 0 Å². The number of hydrogen-bond donors (Lipinski definition) is 3. The summed E-state index contributed by atoms with van der Waals surface area (Å²) in [4.78, 5) is 47.7. The van der Waals surface area contributed by atoms with Crippen LogP contribution < -0.4 is 10.6 Å². The molecule has 0 fully saturated rings. The molecule has 0 atom stereocenters. The van der Waals surface area contributed by atoms with Gasteiger partial charge in [-0.3, -0.25) is 14.9 Å². The average molecular weight is 400 g/mol. The van der Waals surface area contributed by atoms with Gasteiger partial charge in [-0.25, -0.2) is 9.59 Å². The fourth-order valence-electron chi connectivity index (χ4n) is 2.20. The van der Waals surface area contributed by atoms with E-state index in [2.05, 4.69) is 20.8 Å². The number of carboxylic acids is 1. The second kappa shape index (κ2) is 8.91. The van der Waals surface area contributed by atoms with Gasteiger partial charge < -0.3 is 15.2 Å². The van der Waals surface area contributed by atoms with Crippen LogP contribution in [0.1, 0.15) is 47.9 Å². The zero-order valence-corrected chi connectivity index (χ0v) is 16.1. The Morgan fingerprint density at radius 3 is 2.31 bits per heavy atom. The Hall–Kier alpha value is -3.82. The predicted octanol–water partition coefficient (Wildman–Crippen LogP) is 2.73. The molecule has 0 unspecified atom stereocenters. The summed E-state index contributed by atoms with van der Waals surface area (Å²) in [6, 6.07) is 5.17. The lowest BCUT2D eigenvalue weighted by molar-refractivity contribution is -0.115. The van der Waals surface area contributed by atoms with Gasteiger partial charge in [0.25, 0.3) is 0 Å². The molecule has 1 aromatic carbocycles. The third kappa shape index (κ3) is 6.69. The number of amides is 2. The number of nitrogens with zero attached hydrogens (tertiary/aromatic N) is 2. The molecule has 0 radical (unpaired) electrons. The Kier molecular flexibility index (Phi) is 6.60. The molecule has 152 valence electrons. The van der Waals surface area contributed by atoms with Gasteiger partial charge in [-0.15, -0.1) is 0 Å². The number of nitrogens with one attached hydrogen (secondary N) is 2. The molecule has 29 heavy (non-hydrogen) atoms. The van der Waals surface area contributed by atoms with Crippen LogP contribution in [0.5, 0.6) is 0 Å². The first kappa shape index (κ1) is 21.5. The predicted molar refractivity (Wildman–Crippen MR) is 103 cm³/mol. The molecule has 1 heterocycles. The van der Waals surface area contributed by atoms with Gasteiger partial charge in [-0.05, 0) is 45.0 Å². The van der Waals surface area contributed by atoms with Crippen molar-refractivity contribution in [3.05, 3.63) is 47.8 Å². The molecule has 10 heteroatoms. The van der Waals surface area contributed by atoms with Crippen molar-refractivity contribution >= 4 is 35.1 Å². The van der Waals surface area contributed by atoms with Crippen molar-refractivity contribution in [2.45, 2.75) is 32.8 Å². The Labute approximate surface area is 166 Å². The number of hydrogen-bond acceptors (Lipinski definition) is 7. The number of ketones is 1. The van der Waals surface area contributed by atoms with Crippen molar-refractivity contribution in [3.8, 4) is 0 Å². The highest BCUT2D eigenvalue weighted by Gasteiger charge is 2.19. The number of rotatable bonds is 6. The molecule has 0 aliphatic carbocycles. The van der Waals surface area contributed by atoms with Gasteiger partial charge in [-0.2, -0.15) is 10.2 Å². The molecule has 10 nitrogen and oxygen atoms in total. The third-order valence-corrected chi connectivity index (χ3v) is 3.40. The van der Waals surface area contributed by atoms with E-state index in [1.807, 2.05) is 0 Å². The fourth-order valence-corrected chi connectivity index (χ4v) is 2.20.